The molecule has 2 fully saturated rings. The molecule has 0 unspecified atom stereocenters. The Morgan fingerprint density at radius 2 is 2.12 bits per heavy atom. The molecule has 0 saturated carbocycles. The number of rotatable bonds is 2. The quantitative estimate of drug-likeness (QED) is 0.762. The van der Waals surface area contributed by atoms with E-state index in [9.17, 15) is 9.59 Å². The second-order valence-electron chi connectivity index (χ2n) is 6.29. The number of amides is 1. The number of nitrogens with zero attached hydrogens (tertiary/aromatic N) is 3. The van der Waals surface area contributed by atoms with Crippen molar-refractivity contribution >= 4 is 22.9 Å². The molecule has 7 nitrogen and oxygen atoms in total. The van der Waals surface area contributed by atoms with Crippen LogP contribution in [0.3, 0.4) is 0 Å². The molecule has 3 heterocycles. The van der Waals surface area contributed by atoms with Gasteiger partial charge >= 0.3 is 5.97 Å². The number of para-hydroxylation sites is 2. The molecule has 2 saturated heterocycles. The number of hydrogen-bond acceptors (Lipinski definition) is 6. The summed E-state index contributed by atoms with van der Waals surface area (Å²) < 4.78 is 10.4. The van der Waals surface area contributed by atoms with Crippen molar-refractivity contribution in [2.75, 3.05) is 33.4 Å². The predicted molar refractivity (Wildman–Crippen MR) is 84.2 cm³/mol. The normalized spacial score (nSPS) is 25.7. The van der Waals surface area contributed by atoms with Crippen molar-refractivity contribution in [2.24, 2.45) is 11.3 Å². The summed E-state index contributed by atoms with van der Waals surface area (Å²) in [7, 11) is 1.37. The van der Waals surface area contributed by atoms with Crippen LogP contribution in [-0.4, -0.2) is 60.2 Å². The van der Waals surface area contributed by atoms with E-state index >= 15 is 0 Å². The molecule has 2 aliphatic rings. The van der Waals surface area contributed by atoms with E-state index in [0.29, 0.717) is 18.7 Å². The first-order valence-electron chi connectivity index (χ1n) is 7.81. The molecular weight excluding hydrogens is 310 g/mol. The molecule has 124 valence electrons. The van der Waals surface area contributed by atoms with Gasteiger partial charge in [0.15, 0.2) is 0 Å². The molecule has 24 heavy (non-hydrogen) atoms. The molecule has 2 aromatic rings. The number of hydrogen-bond donors (Lipinski definition) is 0. The molecule has 0 bridgehead atoms. The summed E-state index contributed by atoms with van der Waals surface area (Å²) in [6.07, 6.45) is 1.49. The highest BCUT2D eigenvalue weighted by molar-refractivity contribution is 5.95. The average molecular weight is 327 g/mol. The van der Waals surface area contributed by atoms with Gasteiger partial charge in [0, 0.05) is 19.0 Å². The molecule has 2 atom stereocenters. The third kappa shape index (κ3) is 2.16. The second-order valence-corrected chi connectivity index (χ2v) is 6.29. The maximum atomic E-state index is 12.8. The van der Waals surface area contributed by atoms with Crippen molar-refractivity contribution in [3.05, 3.63) is 36.2 Å². The van der Waals surface area contributed by atoms with Crippen LogP contribution in [0.15, 0.2) is 30.5 Å². The lowest BCUT2D eigenvalue weighted by molar-refractivity contribution is -0.153. The molecule has 1 aromatic carbocycles. The number of carbonyl (C=O) groups is 2. The zero-order chi connectivity index (χ0) is 16.7. The summed E-state index contributed by atoms with van der Waals surface area (Å²) in [5.74, 6) is -0.571. The zero-order valence-corrected chi connectivity index (χ0v) is 13.3. The lowest BCUT2D eigenvalue weighted by Gasteiger charge is -2.23. The van der Waals surface area contributed by atoms with Crippen LogP contribution in [0.25, 0.3) is 11.0 Å². The molecule has 2 aliphatic heterocycles. The fourth-order valence-electron chi connectivity index (χ4n) is 3.60. The molecule has 7 heteroatoms. The van der Waals surface area contributed by atoms with Gasteiger partial charge in [-0.1, -0.05) is 12.1 Å². The van der Waals surface area contributed by atoms with Gasteiger partial charge in [0.25, 0.3) is 5.91 Å². The number of esters is 1. The Kier molecular flexibility index (Phi) is 3.45. The standard InChI is InChI=1S/C17H17N3O4/c1-23-16(22)17-9-20(7-11(17)8-24-10-17)15(21)14-6-18-12-4-2-3-5-13(12)19-14/h2-6,11H,7-10H2,1H3/t11-,17-/m0/s1. The van der Waals surface area contributed by atoms with Crippen LogP contribution >= 0.6 is 0 Å². The van der Waals surface area contributed by atoms with Gasteiger partial charge in [0.1, 0.15) is 11.1 Å². The summed E-state index contributed by atoms with van der Waals surface area (Å²) in [4.78, 5) is 35.4. The number of carbonyl (C=O) groups excluding carboxylic acids is 2. The maximum Gasteiger partial charge on any atom is 0.316 e. The van der Waals surface area contributed by atoms with Gasteiger partial charge in [-0.25, -0.2) is 4.98 Å². The van der Waals surface area contributed by atoms with Gasteiger partial charge in [-0.3, -0.25) is 14.6 Å². The first-order chi connectivity index (χ1) is 11.6. The van der Waals surface area contributed by atoms with Crippen LogP contribution in [-0.2, 0) is 14.3 Å². The van der Waals surface area contributed by atoms with Crippen LogP contribution in [0.2, 0.25) is 0 Å². The van der Waals surface area contributed by atoms with Crippen molar-refractivity contribution in [2.45, 2.75) is 0 Å². The highest BCUT2D eigenvalue weighted by Gasteiger charge is 2.57. The van der Waals surface area contributed by atoms with Crippen molar-refractivity contribution in [1.29, 1.82) is 0 Å². The van der Waals surface area contributed by atoms with Gasteiger partial charge in [0.05, 0.1) is 37.6 Å². The van der Waals surface area contributed by atoms with Gasteiger partial charge < -0.3 is 14.4 Å². The van der Waals surface area contributed by atoms with Crippen molar-refractivity contribution in [1.82, 2.24) is 14.9 Å². The zero-order valence-electron chi connectivity index (χ0n) is 13.3. The van der Waals surface area contributed by atoms with E-state index in [2.05, 4.69) is 9.97 Å². The Balaban J connectivity index is 1.62. The topological polar surface area (TPSA) is 81.6 Å². The number of benzene rings is 1. The van der Waals surface area contributed by atoms with E-state index in [1.165, 1.54) is 13.3 Å². The second kappa shape index (κ2) is 5.52. The highest BCUT2D eigenvalue weighted by Crippen LogP contribution is 2.42. The van der Waals surface area contributed by atoms with E-state index in [1.807, 2.05) is 24.3 Å². The minimum absolute atomic E-state index is 0.0395. The molecule has 0 N–H and O–H groups in total. The minimum Gasteiger partial charge on any atom is -0.468 e. The molecule has 0 radical (unpaired) electrons. The van der Waals surface area contributed by atoms with Crippen LogP contribution in [0.1, 0.15) is 10.5 Å². The average Bonchev–Trinajstić information content (AvgIpc) is 3.18. The predicted octanol–water partition coefficient (Wildman–Crippen LogP) is 0.891. The Morgan fingerprint density at radius 1 is 1.33 bits per heavy atom. The number of ether oxygens (including phenoxy) is 2. The third-order valence-electron chi connectivity index (χ3n) is 4.92. The van der Waals surface area contributed by atoms with E-state index < -0.39 is 5.41 Å². The first-order valence-corrected chi connectivity index (χ1v) is 7.81. The summed E-state index contributed by atoms with van der Waals surface area (Å²) in [5, 5.41) is 0. The Bertz CT molecular complexity index is 824. The van der Waals surface area contributed by atoms with E-state index in [0.717, 1.165) is 5.52 Å². The van der Waals surface area contributed by atoms with Gasteiger partial charge in [-0.2, -0.15) is 0 Å². The summed E-state index contributed by atoms with van der Waals surface area (Å²) in [6, 6.07) is 7.40. The molecular formula is C17H17N3O4. The molecule has 0 spiro atoms. The summed E-state index contributed by atoms with van der Waals surface area (Å²) >= 11 is 0. The molecule has 1 amide bonds. The summed E-state index contributed by atoms with van der Waals surface area (Å²) in [6.45, 7) is 1.50. The maximum absolute atomic E-state index is 12.8. The molecule has 0 aliphatic carbocycles. The number of fused-ring (bicyclic) bond motifs is 2. The highest BCUT2D eigenvalue weighted by atomic mass is 16.5. The van der Waals surface area contributed by atoms with Crippen molar-refractivity contribution in [3.8, 4) is 0 Å². The van der Waals surface area contributed by atoms with Crippen LogP contribution in [0, 0.1) is 11.3 Å². The summed E-state index contributed by atoms with van der Waals surface area (Å²) in [5.41, 5.74) is 0.949. The number of likely N-dealkylation sites (tertiary alicyclic amines) is 1. The van der Waals surface area contributed by atoms with E-state index in [-0.39, 0.29) is 36.6 Å². The lowest BCUT2D eigenvalue weighted by atomic mass is 9.81. The van der Waals surface area contributed by atoms with Crippen LogP contribution in [0.4, 0.5) is 0 Å². The van der Waals surface area contributed by atoms with Crippen LogP contribution < -0.4 is 0 Å². The fraction of sp³-hybridized carbons (Fsp3) is 0.412. The van der Waals surface area contributed by atoms with Gasteiger partial charge in [0.2, 0.25) is 0 Å². The smallest absolute Gasteiger partial charge is 0.316 e. The Morgan fingerprint density at radius 3 is 2.92 bits per heavy atom. The SMILES string of the molecule is COC(=O)[C@@]12COC[C@@H]1CN(C(=O)c1cnc3ccccc3n1)C2. The van der Waals surface area contributed by atoms with E-state index in [1.54, 1.807) is 4.90 Å². The van der Waals surface area contributed by atoms with Crippen molar-refractivity contribution < 1.29 is 19.1 Å². The Labute approximate surface area is 138 Å². The van der Waals surface area contributed by atoms with Crippen molar-refractivity contribution in [3.63, 3.8) is 0 Å². The lowest BCUT2D eigenvalue weighted by Crippen LogP contribution is -2.41. The molecule has 1 aromatic heterocycles. The number of aromatic nitrogens is 2. The third-order valence-corrected chi connectivity index (χ3v) is 4.92. The van der Waals surface area contributed by atoms with Gasteiger partial charge in [-0.15, -0.1) is 0 Å². The van der Waals surface area contributed by atoms with Gasteiger partial charge in [-0.05, 0) is 12.1 Å². The molecule has 4 rings (SSSR count). The largest absolute Gasteiger partial charge is 0.468 e. The van der Waals surface area contributed by atoms with Crippen LogP contribution in [0.5, 0.6) is 0 Å². The monoisotopic (exact) mass is 327 g/mol. The minimum atomic E-state index is -0.755. The fourth-order valence-corrected chi connectivity index (χ4v) is 3.60. The number of methoxy groups -OCH3 is 1. The first kappa shape index (κ1) is 15.0. The Hall–Kier alpha value is -2.54. The van der Waals surface area contributed by atoms with E-state index in [4.69, 9.17) is 9.47 Å².